The van der Waals surface area contributed by atoms with Crippen LogP contribution in [0.1, 0.15) is 18.4 Å². The van der Waals surface area contributed by atoms with Gasteiger partial charge >= 0.3 is 0 Å². The molecular formula is C13H19Cl3F2N2O. The molecule has 1 saturated heterocycles. The minimum atomic E-state index is -0.857. The lowest BCUT2D eigenvalue weighted by Crippen LogP contribution is -2.51. The first-order chi connectivity index (χ1) is 9.02. The van der Waals surface area contributed by atoms with Gasteiger partial charge in [-0.25, -0.2) is 8.78 Å². The van der Waals surface area contributed by atoms with Gasteiger partial charge in [0.1, 0.15) is 11.6 Å². The molecule has 0 aromatic heterocycles. The van der Waals surface area contributed by atoms with E-state index in [1.165, 1.54) is 6.07 Å². The molecule has 3 N–H and O–H groups in total. The van der Waals surface area contributed by atoms with Gasteiger partial charge in [0.25, 0.3) is 0 Å². The molecule has 1 fully saturated rings. The molecule has 1 heterocycles. The standard InChI is InChI=1S/C13H17ClF2N2O.2ClH/c14-10-2-3-11(15)9(12(10)16)6-18-8-13(19)4-1-5-17-7-13;;/h2-3,17-19H,1,4-8H2;2*1H. The average molecular weight is 364 g/mol. The van der Waals surface area contributed by atoms with E-state index in [1.54, 1.807) is 0 Å². The zero-order chi connectivity index (χ0) is 13.9. The summed E-state index contributed by atoms with van der Waals surface area (Å²) in [6.07, 6.45) is 1.56. The largest absolute Gasteiger partial charge is 0.387 e. The number of benzene rings is 1. The van der Waals surface area contributed by atoms with Crippen LogP contribution in [0.2, 0.25) is 5.02 Å². The van der Waals surface area contributed by atoms with Crippen molar-refractivity contribution in [3.8, 4) is 0 Å². The zero-order valence-electron chi connectivity index (χ0n) is 11.3. The summed E-state index contributed by atoms with van der Waals surface area (Å²) < 4.78 is 27.1. The van der Waals surface area contributed by atoms with Gasteiger partial charge < -0.3 is 15.7 Å². The van der Waals surface area contributed by atoms with Crippen molar-refractivity contribution >= 4 is 36.4 Å². The highest BCUT2D eigenvalue weighted by Crippen LogP contribution is 2.21. The Morgan fingerprint density at radius 1 is 1.33 bits per heavy atom. The van der Waals surface area contributed by atoms with Crippen molar-refractivity contribution < 1.29 is 13.9 Å². The Labute approximate surface area is 140 Å². The molecule has 1 aliphatic heterocycles. The van der Waals surface area contributed by atoms with E-state index in [1.807, 2.05) is 0 Å². The van der Waals surface area contributed by atoms with Gasteiger partial charge in [-0.1, -0.05) is 11.6 Å². The molecule has 1 aromatic carbocycles. The fourth-order valence-corrected chi connectivity index (χ4v) is 2.43. The van der Waals surface area contributed by atoms with Crippen molar-refractivity contribution in [1.29, 1.82) is 0 Å². The lowest BCUT2D eigenvalue weighted by Gasteiger charge is -2.32. The fraction of sp³-hybridized carbons (Fsp3) is 0.538. The van der Waals surface area contributed by atoms with E-state index in [0.29, 0.717) is 13.0 Å². The maximum atomic E-state index is 13.6. The monoisotopic (exact) mass is 362 g/mol. The average Bonchev–Trinajstić information content (AvgIpc) is 2.39. The number of hydrogen-bond donors (Lipinski definition) is 3. The second kappa shape index (κ2) is 9.08. The van der Waals surface area contributed by atoms with Gasteiger partial charge in [-0.2, -0.15) is 0 Å². The topological polar surface area (TPSA) is 44.3 Å². The van der Waals surface area contributed by atoms with Crippen molar-refractivity contribution in [2.45, 2.75) is 25.0 Å². The van der Waals surface area contributed by atoms with Crippen LogP contribution in [0.25, 0.3) is 0 Å². The first-order valence-electron chi connectivity index (χ1n) is 6.28. The van der Waals surface area contributed by atoms with Crippen LogP contribution in [0.3, 0.4) is 0 Å². The van der Waals surface area contributed by atoms with Gasteiger partial charge in [0.15, 0.2) is 0 Å². The number of nitrogens with one attached hydrogen (secondary N) is 2. The van der Waals surface area contributed by atoms with Gasteiger partial charge in [-0.15, -0.1) is 24.8 Å². The van der Waals surface area contributed by atoms with Crippen LogP contribution >= 0.6 is 36.4 Å². The highest BCUT2D eigenvalue weighted by molar-refractivity contribution is 6.30. The van der Waals surface area contributed by atoms with Crippen LogP contribution < -0.4 is 10.6 Å². The third-order valence-electron chi connectivity index (χ3n) is 3.34. The minimum absolute atomic E-state index is 0. The van der Waals surface area contributed by atoms with E-state index in [4.69, 9.17) is 11.6 Å². The van der Waals surface area contributed by atoms with E-state index >= 15 is 0 Å². The molecule has 0 spiro atoms. The molecule has 8 heteroatoms. The van der Waals surface area contributed by atoms with Gasteiger partial charge in [0, 0.05) is 25.2 Å². The van der Waals surface area contributed by atoms with Gasteiger partial charge in [0.05, 0.1) is 10.6 Å². The van der Waals surface area contributed by atoms with Crippen molar-refractivity contribution in [1.82, 2.24) is 10.6 Å². The maximum Gasteiger partial charge on any atom is 0.149 e. The van der Waals surface area contributed by atoms with Crippen LogP contribution in [0, 0.1) is 11.6 Å². The summed E-state index contributed by atoms with van der Waals surface area (Å²) >= 11 is 5.61. The zero-order valence-corrected chi connectivity index (χ0v) is 13.7. The Kier molecular flexibility index (Phi) is 9.00. The maximum absolute atomic E-state index is 13.6. The molecule has 1 aromatic rings. The number of β-amino-alcohol motifs (C(OH)–C–C–N with tert-alkyl or cyclic N) is 1. The highest BCUT2D eigenvalue weighted by Gasteiger charge is 2.28. The molecule has 0 bridgehead atoms. The van der Waals surface area contributed by atoms with Gasteiger partial charge in [0.2, 0.25) is 0 Å². The molecule has 2 rings (SSSR count). The quantitative estimate of drug-likeness (QED) is 0.721. The second-order valence-corrected chi connectivity index (χ2v) is 5.34. The SMILES string of the molecule is Cl.Cl.OC1(CNCc2c(F)ccc(Cl)c2F)CCCNC1. The first kappa shape index (κ1) is 20.8. The van der Waals surface area contributed by atoms with Gasteiger partial charge in [-0.3, -0.25) is 0 Å². The summed E-state index contributed by atoms with van der Waals surface area (Å²) in [5, 5.41) is 16.1. The molecule has 1 unspecified atom stereocenters. The van der Waals surface area contributed by atoms with Crippen molar-refractivity contribution in [3.05, 3.63) is 34.4 Å². The number of aliphatic hydroxyl groups is 1. The number of hydrogen-bond acceptors (Lipinski definition) is 3. The lowest BCUT2D eigenvalue weighted by atomic mass is 9.94. The van der Waals surface area contributed by atoms with Crippen LogP contribution in [0.15, 0.2) is 12.1 Å². The van der Waals surface area contributed by atoms with E-state index in [2.05, 4.69) is 10.6 Å². The predicted octanol–water partition coefficient (Wildman–Crippen LogP) is 2.67. The molecule has 21 heavy (non-hydrogen) atoms. The van der Waals surface area contributed by atoms with E-state index < -0.39 is 17.2 Å². The first-order valence-corrected chi connectivity index (χ1v) is 6.66. The normalized spacial score (nSPS) is 21.3. The third-order valence-corrected chi connectivity index (χ3v) is 3.64. The number of piperidine rings is 1. The summed E-state index contributed by atoms with van der Waals surface area (Å²) in [5.41, 5.74) is -0.955. The number of halogens is 5. The summed E-state index contributed by atoms with van der Waals surface area (Å²) in [7, 11) is 0. The highest BCUT2D eigenvalue weighted by atomic mass is 35.5. The second-order valence-electron chi connectivity index (χ2n) is 4.93. The summed E-state index contributed by atoms with van der Waals surface area (Å²) in [6, 6.07) is 2.33. The summed E-state index contributed by atoms with van der Waals surface area (Å²) in [6.45, 7) is 1.66. The Balaban J connectivity index is 0.00000200. The van der Waals surface area contributed by atoms with Crippen molar-refractivity contribution in [2.75, 3.05) is 19.6 Å². The molecule has 3 nitrogen and oxygen atoms in total. The molecule has 122 valence electrons. The summed E-state index contributed by atoms with van der Waals surface area (Å²) in [5.74, 6) is -1.38. The summed E-state index contributed by atoms with van der Waals surface area (Å²) in [4.78, 5) is 0. The number of rotatable bonds is 4. The molecule has 0 aliphatic carbocycles. The van der Waals surface area contributed by atoms with Gasteiger partial charge in [-0.05, 0) is 31.5 Å². The van der Waals surface area contributed by atoms with E-state index in [-0.39, 0.29) is 48.5 Å². The van der Waals surface area contributed by atoms with Crippen LogP contribution in [-0.2, 0) is 6.54 Å². The molecule has 1 atom stereocenters. The lowest BCUT2D eigenvalue weighted by molar-refractivity contribution is 0.0168. The third kappa shape index (κ3) is 5.51. The Bertz CT molecular complexity index is 457. The van der Waals surface area contributed by atoms with Crippen molar-refractivity contribution in [2.24, 2.45) is 0 Å². The molecule has 0 saturated carbocycles. The van der Waals surface area contributed by atoms with Crippen LogP contribution in [0.4, 0.5) is 8.78 Å². The Morgan fingerprint density at radius 2 is 2.05 bits per heavy atom. The van der Waals surface area contributed by atoms with Crippen molar-refractivity contribution in [3.63, 3.8) is 0 Å². The molecule has 0 radical (unpaired) electrons. The van der Waals surface area contributed by atoms with E-state index in [9.17, 15) is 13.9 Å². The fourth-order valence-electron chi connectivity index (χ4n) is 2.25. The van der Waals surface area contributed by atoms with E-state index in [0.717, 1.165) is 19.0 Å². The molecule has 0 amide bonds. The van der Waals surface area contributed by atoms with Crippen LogP contribution in [-0.4, -0.2) is 30.3 Å². The molecular weight excluding hydrogens is 345 g/mol. The van der Waals surface area contributed by atoms with Crippen LogP contribution in [0.5, 0.6) is 0 Å². The Hall–Kier alpha value is -0.170. The predicted molar refractivity (Wildman–Crippen MR) is 84.6 cm³/mol. The minimum Gasteiger partial charge on any atom is -0.387 e. The Morgan fingerprint density at radius 3 is 2.67 bits per heavy atom. The molecule has 1 aliphatic rings. The smallest absolute Gasteiger partial charge is 0.149 e.